The Morgan fingerprint density at radius 1 is 1.19 bits per heavy atom. The van der Waals surface area contributed by atoms with Gasteiger partial charge in [0.15, 0.2) is 4.77 Å². The van der Waals surface area contributed by atoms with Crippen LogP contribution in [0.25, 0.3) is 11.0 Å². The average Bonchev–Trinajstić information content (AvgIpc) is 2.64. The largest absolute Gasteiger partial charge is 0.349 e. The maximum absolute atomic E-state index is 13.7. The lowest BCUT2D eigenvalue weighted by Gasteiger charge is -2.16. The molecule has 1 fully saturated rings. The lowest BCUT2D eigenvalue weighted by molar-refractivity contribution is 0.0934. The van der Waals surface area contributed by atoms with Gasteiger partial charge in [0.05, 0.1) is 16.6 Å². The van der Waals surface area contributed by atoms with E-state index in [2.05, 4.69) is 15.3 Å². The van der Waals surface area contributed by atoms with E-state index < -0.39 is 5.82 Å². The van der Waals surface area contributed by atoms with E-state index >= 15 is 0 Å². The van der Waals surface area contributed by atoms with Gasteiger partial charge in [-0.3, -0.25) is 4.79 Å². The van der Waals surface area contributed by atoms with Gasteiger partial charge in [-0.1, -0.05) is 25.7 Å². The molecular formula is C15H18FN3OS. The lowest BCUT2D eigenvalue weighted by atomic mass is 10.1. The Hall–Kier alpha value is -1.69. The number of aromatic amines is 2. The van der Waals surface area contributed by atoms with Crippen LogP contribution in [0.3, 0.4) is 0 Å². The zero-order valence-corrected chi connectivity index (χ0v) is 12.5. The third-order valence-corrected chi connectivity index (χ3v) is 4.23. The Morgan fingerprint density at radius 2 is 1.90 bits per heavy atom. The summed E-state index contributed by atoms with van der Waals surface area (Å²) in [6.45, 7) is 0. The third-order valence-electron chi connectivity index (χ3n) is 4.02. The third kappa shape index (κ3) is 3.15. The van der Waals surface area contributed by atoms with Crippen LogP contribution >= 0.6 is 12.2 Å². The van der Waals surface area contributed by atoms with E-state index in [0.717, 1.165) is 25.7 Å². The van der Waals surface area contributed by atoms with Gasteiger partial charge in [-0.2, -0.15) is 0 Å². The highest BCUT2D eigenvalue weighted by Crippen LogP contribution is 2.20. The molecule has 21 heavy (non-hydrogen) atoms. The van der Waals surface area contributed by atoms with Gasteiger partial charge in [0, 0.05) is 6.04 Å². The second-order valence-electron chi connectivity index (χ2n) is 5.62. The van der Waals surface area contributed by atoms with Crippen molar-refractivity contribution in [1.29, 1.82) is 0 Å². The molecule has 0 radical (unpaired) electrons. The number of hydrogen-bond acceptors (Lipinski definition) is 2. The van der Waals surface area contributed by atoms with Crippen molar-refractivity contribution in [3.8, 4) is 0 Å². The number of rotatable bonds is 2. The Kier molecular flexibility index (Phi) is 4.05. The van der Waals surface area contributed by atoms with Crippen molar-refractivity contribution < 1.29 is 9.18 Å². The summed E-state index contributed by atoms with van der Waals surface area (Å²) in [4.78, 5) is 18.2. The standard InChI is InChI=1S/C15H18FN3OS/c16-9-7-11(13-12(8-9)18-15(21)19-13)14(20)17-10-5-3-1-2-4-6-10/h7-8,10H,1-6H2,(H,17,20)(H2,18,19,21). The number of fused-ring (bicyclic) bond motifs is 1. The first kappa shape index (κ1) is 14.3. The van der Waals surface area contributed by atoms with Gasteiger partial charge >= 0.3 is 0 Å². The highest BCUT2D eigenvalue weighted by Gasteiger charge is 2.19. The molecule has 1 heterocycles. The molecule has 6 heteroatoms. The zero-order chi connectivity index (χ0) is 14.8. The molecule has 4 nitrogen and oxygen atoms in total. The van der Waals surface area contributed by atoms with Gasteiger partial charge < -0.3 is 15.3 Å². The fourth-order valence-corrected chi connectivity index (χ4v) is 3.19. The summed E-state index contributed by atoms with van der Waals surface area (Å²) >= 11 is 5.02. The van der Waals surface area contributed by atoms with Crippen molar-refractivity contribution in [2.45, 2.75) is 44.6 Å². The predicted octanol–water partition coefficient (Wildman–Crippen LogP) is 3.82. The Labute approximate surface area is 127 Å². The second-order valence-corrected chi connectivity index (χ2v) is 6.03. The molecule has 2 aromatic rings. The topological polar surface area (TPSA) is 60.7 Å². The summed E-state index contributed by atoms with van der Waals surface area (Å²) in [6, 6.07) is 2.78. The van der Waals surface area contributed by atoms with E-state index in [1.807, 2.05) is 0 Å². The molecule has 0 spiro atoms. The molecule has 0 atom stereocenters. The van der Waals surface area contributed by atoms with Crippen LogP contribution < -0.4 is 5.32 Å². The van der Waals surface area contributed by atoms with Crippen LogP contribution in [0.4, 0.5) is 4.39 Å². The molecule has 1 aromatic carbocycles. The van der Waals surface area contributed by atoms with E-state index in [4.69, 9.17) is 12.2 Å². The maximum atomic E-state index is 13.7. The fraction of sp³-hybridized carbons (Fsp3) is 0.467. The van der Waals surface area contributed by atoms with E-state index in [1.165, 1.54) is 25.0 Å². The van der Waals surface area contributed by atoms with Gasteiger partial charge in [-0.05, 0) is 37.2 Å². The van der Waals surface area contributed by atoms with Gasteiger partial charge in [-0.15, -0.1) is 0 Å². The SMILES string of the molecule is O=C(NC1CCCCCC1)c1cc(F)cc2[nH]c(=S)[nH]c12. The van der Waals surface area contributed by atoms with Gasteiger partial charge in [0.2, 0.25) is 0 Å². The van der Waals surface area contributed by atoms with Crippen LogP contribution in [0, 0.1) is 10.6 Å². The normalized spacial score (nSPS) is 16.8. The first-order valence-corrected chi connectivity index (χ1v) is 7.77. The highest BCUT2D eigenvalue weighted by molar-refractivity contribution is 7.71. The molecule has 1 aromatic heterocycles. The zero-order valence-electron chi connectivity index (χ0n) is 11.7. The van der Waals surface area contributed by atoms with Gasteiger partial charge in [0.25, 0.3) is 5.91 Å². The first-order valence-electron chi connectivity index (χ1n) is 7.36. The van der Waals surface area contributed by atoms with Crippen LogP contribution in [0.1, 0.15) is 48.9 Å². The average molecular weight is 307 g/mol. The molecule has 0 bridgehead atoms. The summed E-state index contributed by atoms with van der Waals surface area (Å²) in [5, 5.41) is 3.03. The number of carbonyl (C=O) groups excluding carboxylic acids is 1. The summed E-state index contributed by atoms with van der Waals surface area (Å²) in [7, 11) is 0. The molecule has 3 N–H and O–H groups in total. The lowest BCUT2D eigenvalue weighted by Crippen LogP contribution is -2.34. The minimum absolute atomic E-state index is 0.181. The van der Waals surface area contributed by atoms with Crippen LogP contribution in [-0.2, 0) is 0 Å². The number of halogens is 1. The number of carbonyl (C=O) groups is 1. The molecule has 0 aliphatic heterocycles. The predicted molar refractivity (Wildman–Crippen MR) is 82.4 cm³/mol. The Morgan fingerprint density at radius 3 is 2.62 bits per heavy atom. The number of amides is 1. The summed E-state index contributed by atoms with van der Waals surface area (Å²) in [6.07, 6.45) is 6.70. The van der Waals surface area contributed by atoms with Gasteiger partial charge in [0.1, 0.15) is 5.82 Å². The summed E-state index contributed by atoms with van der Waals surface area (Å²) in [5.74, 6) is -0.685. The smallest absolute Gasteiger partial charge is 0.253 e. The Balaban J connectivity index is 1.88. The molecular weight excluding hydrogens is 289 g/mol. The number of benzene rings is 1. The molecule has 0 saturated heterocycles. The van der Waals surface area contributed by atoms with Crippen molar-refractivity contribution in [3.05, 3.63) is 28.3 Å². The minimum atomic E-state index is -0.446. The highest BCUT2D eigenvalue weighted by atomic mass is 32.1. The van der Waals surface area contributed by atoms with E-state index in [9.17, 15) is 9.18 Å². The van der Waals surface area contributed by atoms with Crippen LogP contribution in [0.5, 0.6) is 0 Å². The van der Waals surface area contributed by atoms with Crippen LogP contribution in [0.15, 0.2) is 12.1 Å². The van der Waals surface area contributed by atoms with Gasteiger partial charge in [-0.25, -0.2) is 4.39 Å². The Bertz CT molecular complexity index is 713. The van der Waals surface area contributed by atoms with Crippen molar-refractivity contribution >= 4 is 29.2 Å². The maximum Gasteiger partial charge on any atom is 0.253 e. The molecule has 3 rings (SSSR count). The quantitative estimate of drug-likeness (QED) is 0.583. The van der Waals surface area contributed by atoms with Crippen molar-refractivity contribution in [2.24, 2.45) is 0 Å². The number of hydrogen-bond donors (Lipinski definition) is 3. The summed E-state index contributed by atoms with van der Waals surface area (Å²) < 4.78 is 14.1. The van der Waals surface area contributed by atoms with E-state index in [0.29, 0.717) is 21.4 Å². The molecule has 1 amide bonds. The van der Waals surface area contributed by atoms with E-state index in [-0.39, 0.29) is 11.9 Å². The minimum Gasteiger partial charge on any atom is -0.349 e. The van der Waals surface area contributed by atoms with Crippen molar-refractivity contribution in [2.75, 3.05) is 0 Å². The molecule has 1 aliphatic rings. The van der Waals surface area contributed by atoms with Crippen LogP contribution in [-0.4, -0.2) is 21.9 Å². The van der Waals surface area contributed by atoms with Crippen molar-refractivity contribution in [3.63, 3.8) is 0 Å². The number of aromatic nitrogens is 2. The van der Waals surface area contributed by atoms with Crippen molar-refractivity contribution in [1.82, 2.24) is 15.3 Å². The monoisotopic (exact) mass is 307 g/mol. The number of H-pyrrole nitrogens is 2. The molecule has 1 aliphatic carbocycles. The van der Waals surface area contributed by atoms with Crippen LogP contribution in [0.2, 0.25) is 0 Å². The van der Waals surface area contributed by atoms with E-state index in [1.54, 1.807) is 0 Å². The number of imidazole rings is 1. The first-order chi connectivity index (χ1) is 10.1. The fourth-order valence-electron chi connectivity index (χ4n) is 2.97. The second kappa shape index (κ2) is 5.97. The molecule has 0 unspecified atom stereocenters. The molecule has 112 valence electrons. The molecule has 1 saturated carbocycles. The number of nitrogens with one attached hydrogen (secondary N) is 3. The summed E-state index contributed by atoms with van der Waals surface area (Å²) in [5.41, 5.74) is 1.39.